The van der Waals surface area contributed by atoms with Crippen LogP contribution in [0.5, 0.6) is 0 Å². The normalized spacial score (nSPS) is 35.2. The van der Waals surface area contributed by atoms with Crippen LogP contribution in [0.4, 0.5) is 0 Å². The molecule has 0 radical (unpaired) electrons. The summed E-state index contributed by atoms with van der Waals surface area (Å²) in [5.41, 5.74) is 3.03. The lowest BCUT2D eigenvalue weighted by atomic mass is 10.0. The Labute approximate surface area is 50.0 Å². The molecule has 1 rings (SSSR count). The van der Waals surface area contributed by atoms with Crippen molar-refractivity contribution in [3.63, 3.8) is 0 Å². The summed E-state index contributed by atoms with van der Waals surface area (Å²) in [4.78, 5) is 0. The number of hydrazone groups is 1. The van der Waals surface area contributed by atoms with Gasteiger partial charge in [0.15, 0.2) is 0 Å². The van der Waals surface area contributed by atoms with E-state index in [1.165, 1.54) is 6.42 Å². The van der Waals surface area contributed by atoms with Gasteiger partial charge in [0.1, 0.15) is 0 Å². The van der Waals surface area contributed by atoms with E-state index in [0.29, 0.717) is 12.0 Å². The second-order valence-corrected chi connectivity index (χ2v) is 2.28. The Morgan fingerprint density at radius 1 is 1.75 bits per heavy atom. The number of hydrogen-bond donors (Lipinski definition) is 1. The van der Waals surface area contributed by atoms with Crippen LogP contribution in [-0.4, -0.2) is 12.3 Å². The predicted octanol–water partition coefficient (Wildman–Crippen LogP) is 0.990. The number of hydrogen-bond acceptors (Lipinski definition) is 2. The quantitative estimate of drug-likeness (QED) is 0.537. The van der Waals surface area contributed by atoms with Crippen molar-refractivity contribution in [2.45, 2.75) is 26.3 Å². The van der Waals surface area contributed by atoms with Crippen molar-refractivity contribution in [3.8, 4) is 0 Å². The van der Waals surface area contributed by atoms with E-state index in [9.17, 15) is 0 Å². The summed E-state index contributed by atoms with van der Waals surface area (Å²) in [6.07, 6.45) is 3.13. The third-order valence-corrected chi connectivity index (χ3v) is 1.62. The summed E-state index contributed by atoms with van der Waals surface area (Å²) in [5.74, 6) is 0.625. The summed E-state index contributed by atoms with van der Waals surface area (Å²) < 4.78 is 0. The molecule has 8 heavy (non-hydrogen) atoms. The average molecular weight is 112 g/mol. The van der Waals surface area contributed by atoms with Crippen molar-refractivity contribution in [2.24, 2.45) is 11.0 Å². The Morgan fingerprint density at radius 2 is 2.50 bits per heavy atom. The van der Waals surface area contributed by atoms with Gasteiger partial charge in [0.2, 0.25) is 0 Å². The van der Waals surface area contributed by atoms with Crippen LogP contribution in [0.15, 0.2) is 5.10 Å². The summed E-state index contributed by atoms with van der Waals surface area (Å²) >= 11 is 0. The van der Waals surface area contributed by atoms with Crippen LogP contribution in [0.1, 0.15) is 20.3 Å². The molecule has 0 aromatic heterocycles. The molecule has 1 heterocycles. The highest BCUT2D eigenvalue weighted by Gasteiger charge is 2.15. The van der Waals surface area contributed by atoms with E-state index >= 15 is 0 Å². The molecule has 2 heteroatoms. The third kappa shape index (κ3) is 0.831. The summed E-state index contributed by atoms with van der Waals surface area (Å²) in [6.45, 7) is 4.35. The van der Waals surface area contributed by atoms with Gasteiger partial charge in [-0.3, -0.25) is 0 Å². The van der Waals surface area contributed by atoms with Crippen LogP contribution < -0.4 is 5.43 Å². The second-order valence-electron chi connectivity index (χ2n) is 2.28. The SMILES string of the molecule is CCC1NN=CC1C. The van der Waals surface area contributed by atoms with Crippen molar-refractivity contribution in [3.05, 3.63) is 0 Å². The molecule has 2 unspecified atom stereocenters. The van der Waals surface area contributed by atoms with E-state index in [0.717, 1.165) is 0 Å². The van der Waals surface area contributed by atoms with Crippen molar-refractivity contribution in [1.29, 1.82) is 0 Å². The second kappa shape index (κ2) is 2.16. The van der Waals surface area contributed by atoms with Gasteiger partial charge in [0.25, 0.3) is 0 Å². The number of rotatable bonds is 1. The zero-order valence-corrected chi connectivity index (χ0v) is 5.39. The Bertz CT molecular complexity index is 98.7. The molecule has 1 aliphatic rings. The van der Waals surface area contributed by atoms with Crippen molar-refractivity contribution in [2.75, 3.05) is 0 Å². The first kappa shape index (κ1) is 5.60. The van der Waals surface area contributed by atoms with Gasteiger partial charge in [-0.25, -0.2) is 0 Å². The van der Waals surface area contributed by atoms with Gasteiger partial charge in [-0.2, -0.15) is 5.10 Å². The Morgan fingerprint density at radius 3 is 2.75 bits per heavy atom. The van der Waals surface area contributed by atoms with Crippen LogP contribution in [-0.2, 0) is 0 Å². The summed E-state index contributed by atoms with van der Waals surface area (Å²) in [5, 5.41) is 3.94. The van der Waals surface area contributed by atoms with Crippen LogP contribution in [0.3, 0.4) is 0 Å². The van der Waals surface area contributed by atoms with E-state index < -0.39 is 0 Å². The van der Waals surface area contributed by atoms with E-state index in [1.54, 1.807) is 0 Å². The summed E-state index contributed by atoms with van der Waals surface area (Å²) in [6, 6.07) is 0.593. The Hall–Kier alpha value is -0.530. The molecule has 1 aliphatic heterocycles. The minimum absolute atomic E-state index is 0.593. The fourth-order valence-electron chi connectivity index (χ4n) is 0.941. The monoisotopic (exact) mass is 112 g/mol. The zero-order valence-electron chi connectivity index (χ0n) is 5.39. The van der Waals surface area contributed by atoms with Crippen LogP contribution in [0.2, 0.25) is 0 Å². The molecule has 0 aromatic carbocycles. The van der Waals surface area contributed by atoms with E-state index in [2.05, 4.69) is 24.4 Å². The number of nitrogens with zero attached hydrogens (tertiary/aromatic N) is 1. The van der Waals surface area contributed by atoms with Gasteiger partial charge in [-0.05, 0) is 6.42 Å². The predicted molar refractivity (Wildman–Crippen MR) is 34.9 cm³/mol. The van der Waals surface area contributed by atoms with Gasteiger partial charge in [0, 0.05) is 12.1 Å². The van der Waals surface area contributed by atoms with Gasteiger partial charge in [0.05, 0.1) is 6.04 Å². The molecule has 0 amide bonds. The van der Waals surface area contributed by atoms with E-state index in [-0.39, 0.29) is 0 Å². The first-order valence-electron chi connectivity index (χ1n) is 3.13. The van der Waals surface area contributed by atoms with Gasteiger partial charge in [-0.1, -0.05) is 13.8 Å². The van der Waals surface area contributed by atoms with Crippen molar-refractivity contribution in [1.82, 2.24) is 5.43 Å². The molecule has 46 valence electrons. The Kier molecular flexibility index (Phi) is 1.51. The van der Waals surface area contributed by atoms with E-state index in [1.807, 2.05) is 6.21 Å². The topological polar surface area (TPSA) is 24.4 Å². The molecule has 1 N–H and O–H groups in total. The highest BCUT2D eigenvalue weighted by atomic mass is 15.3. The molecule has 2 atom stereocenters. The van der Waals surface area contributed by atoms with E-state index in [4.69, 9.17) is 0 Å². The molecule has 2 nitrogen and oxygen atoms in total. The fraction of sp³-hybridized carbons (Fsp3) is 0.833. The third-order valence-electron chi connectivity index (χ3n) is 1.62. The molecule has 0 fully saturated rings. The van der Waals surface area contributed by atoms with Crippen LogP contribution >= 0.6 is 0 Å². The van der Waals surface area contributed by atoms with Crippen molar-refractivity contribution >= 4 is 6.21 Å². The minimum Gasteiger partial charge on any atom is -0.307 e. The molecule has 0 aromatic rings. The molecule has 0 spiro atoms. The maximum Gasteiger partial charge on any atom is 0.0513 e. The van der Waals surface area contributed by atoms with Crippen LogP contribution in [0, 0.1) is 5.92 Å². The molecular formula is C6H12N2. The molecule has 0 saturated heterocycles. The largest absolute Gasteiger partial charge is 0.307 e. The lowest BCUT2D eigenvalue weighted by molar-refractivity contribution is 0.488. The highest BCUT2D eigenvalue weighted by Crippen LogP contribution is 2.07. The van der Waals surface area contributed by atoms with Crippen molar-refractivity contribution < 1.29 is 0 Å². The van der Waals surface area contributed by atoms with Crippen LogP contribution in [0.25, 0.3) is 0 Å². The first-order chi connectivity index (χ1) is 3.84. The zero-order chi connectivity index (χ0) is 5.98. The molecule has 0 saturated carbocycles. The maximum absolute atomic E-state index is 3.94. The van der Waals surface area contributed by atoms with Gasteiger partial charge < -0.3 is 5.43 Å². The first-order valence-corrected chi connectivity index (χ1v) is 3.13. The lowest BCUT2D eigenvalue weighted by Gasteiger charge is -2.09. The maximum atomic E-state index is 3.94. The van der Waals surface area contributed by atoms with Gasteiger partial charge >= 0.3 is 0 Å². The minimum atomic E-state index is 0.593. The standard InChI is InChI=1S/C6H12N2/c1-3-6-5(2)4-7-8-6/h4-6,8H,3H2,1-2H3. The Balaban J connectivity index is 2.38. The number of nitrogens with one attached hydrogen (secondary N) is 1. The average Bonchev–Trinajstić information content (AvgIpc) is 2.14. The fourth-order valence-corrected chi connectivity index (χ4v) is 0.941. The molecule has 0 bridgehead atoms. The van der Waals surface area contributed by atoms with Gasteiger partial charge in [-0.15, -0.1) is 0 Å². The lowest BCUT2D eigenvalue weighted by Crippen LogP contribution is -2.24. The highest BCUT2D eigenvalue weighted by molar-refractivity contribution is 5.62. The smallest absolute Gasteiger partial charge is 0.0513 e. The molecular weight excluding hydrogens is 100 g/mol. The summed E-state index contributed by atoms with van der Waals surface area (Å²) in [7, 11) is 0. The molecule has 0 aliphatic carbocycles.